The average molecular weight is 269 g/mol. The van der Waals surface area contributed by atoms with Gasteiger partial charge in [0.1, 0.15) is 0 Å². The molecule has 0 aliphatic rings. The number of hydrogen-bond donors (Lipinski definition) is 0. The number of ether oxygens (including phenoxy) is 1. The molecule has 94 valence electrons. The molecule has 0 aliphatic carbocycles. The molecule has 0 aliphatic heterocycles. The van der Waals surface area contributed by atoms with E-state index in [2.05, 4.69) is 27.9 Å². The Hall–Kier alpha value is -2.20. The highest BCUT2D eigenvalue weighted by atomic mass is 32.1. The Balaban J connectivity index is 2.14. The molecule has 0 fully saturated rings. The highest BCUT2D eigenvalue weighted by molar-refractivity contribution is 7.11. The van der Waals surface area contributed by atoms with E-state index in [1.807, 2.05) is 29.6 Å². The van der Waals surface area contributed by atoms with Crippen LogP contribution in [0.3, 0.4) is 0 Å². The van der Waals surface area contributed by atoms with Crippen LogP contribution in [-0.2, 0) is 4.74 Å². The summed E-state index contributed by atoms with van der Waals surface area (Å²) in [6, 6.07) is 14.2. The first-order valence-corrected chi connectivity index (χ1v) is 6.69. The molecule has 0 radical (unpaired) electrons. The van der Waals surface area contributed by atoms with Crippen molar-refractivity contribution in [2.45, 2.75) is 0 Å². The second kappa shape index (κ2) is 4.82. The van der Waals surface area contributed by atoms with Crippen molar-refractivity contribution in [2.24, 2.45) is 0 Å². The molecule has 0 saturated heterocycles. The summed E-state index contributed by atoms with van der Waals surface area (Å²) in [5.74, 6) is -0.392. The van der Waals surface area contributed by atoms with Gasteiger partial charge in [0, 0.05) is 10.9 Å². The van der Waals surface area contributed by atoms with Gasteiger partial charge in [-0.15, -0.1) is 11.3 Å². The number of nitrogens with zero attached hydrogens (tertiary/aromatic N) is 1. The van der Waals surface area contributed by atoms with Crippen LogP contribution in [0.15, 0.2) is 47.8 Å². The first kappa shape index (κ1) is 11.9. The lowest BCUT2D eigenvalue weighted by molar-refractivity contribution is 0.0600. The highest BCUT2D eigenvalue weighted by Crippen LogP contribution is 2.29. The molecule has 0 N–H and O–H groups in total. The number of thiazole rings is 1. The maximum Gasteiger partial charge on any atom is 0.367 e. The lowest BCUT2D eigenvalue weighted by atomic mass is 10.0. The quantitative estimate of drug-likeness (QED) is 0.665. The number of carbonyl (C=O) groups excluding carboxylic acids is 1. The first-order chi connectivity index (χ1) is 9.29. The topological polar surface area (TPSA) is 39.2 Å². The smallest absolute Gasteiger partial charge is 0.367 e. The summed E-state index contributed by atoms with van der Waals surface area (Å²) in [5, 5.41) is 4.55. The van der Waals surface area contributed by atoms with Gasteiger partial charge in [-0.1, -0.05) is 42.5 Å². The Morgan fingerprint density at radius 3 is 2.79 bits per heavy atom. The van der Waals surface area contributed by atoms with E-state index in [-0.39, 0.29) is 0 Å². The SMILES string of the molecule is COC(=O)c1nc(-c2cccc3ccccc23)cs1. The Kier molecular flexibility index (Phi) is 3.01. The number of aromatic nitrogens is 1. The van der Waals surface area contributed by atoms with E-state index in [9.17, 15) is 4.79 Å². The molecule has 1 heterocycles. The van der Waals surface area contributed by atoms with Gasteiger partial charge in [0.05, 0.1) is 12.8 Å². The number of rotatable bonds is 2. The van der Waals surface area contributed by atoms with Crippen LogP contribution < -0.4 is 0 Å². The fraction of sp³-hybridized carbons (Fsp3) is 0.0667. The van der Waals surface area contributed by atoms with Gasteiger partial charge in [-0.3, -0.25) is 0 Å². The fourth-order valence-corrected chi connectivity index (χ4v) is 2.76. The van der Waals surface area contributed by atoms with Crippen molar-refractivity contribution >= 4 is 28.1 Å². The van der Waals surface area contributed by atoms with Crippen molar-refractivity contribution in [1.82, 2.24) is 4.98 Å². The van der Waals surface area contributed by atoms with Crippen LogP contribution in [0.4, 0.5) is 0 Å². The summed E-state index contributed by atoms with van der Waals surface area (Å²) in [5.41, 5.74) is 1.84. The number of fused-ring (bicyclic) bond motifs is 1. The molecule has 3 aromatic rings. The van der Waals surface area contributed by atoms with Crippen molar-refractivity contribution in [3.05, 3.63) is 52.9 Å². The largest absolute Gasteiger partial charge is 0.464 e. The minimum atomic E-state index is -0.392. The minimum Gasteiger partial charge on any atom is -0.464 e. The van der Waals surface area contributed by atoms with Crippen LogP contribution in [0.2, 0.25) is 0 Å². The molecule has 0 bridgehead atoms. The lowest BCUT2D eigenvalue weighted by Gasteiger charge is -2.03. The minimum absolute atomic E-state index is 0.380. The maximum atomic E-state index is 11.4. The maximum absolute atomic E-state index is 11.4. The summed E-state index contributed by atoms with van der Waals surface area (Å²) in [6.07, 6.45) is 0. The highest BCUT2D eigenvalue weighted by Gasteiger charge is 2.13. The fourth-order valence-electron chi connectivity index (χ4n) is 2.03. The molecule has 3 rings (SSSR count). The van der Waals surface area contributed by atoms with Crippen molar-refractivity contribution in [3.8, 4) is 11.3 Å². The van der Waals surface area contributed by atoms with E-state index in [1.165, 1.54) is 18.4 Å². The molecule has 0 amide bonds. The molecule has 1 aromatic heterocycles. The van der Waals surface area contributed by atoms with Crippen molar-refractivity contribution in [1.29, 1.82) is 0 Å². The van der Waals surface area contributed by atoms with Gasteiger partial charge in [0.2, 0.25) is 5.01 Å². The van der Waals surface area contributed by atoms with Gasteiger partial charge in [0.25, 0.3) is 0 Å². The third-order valence-corrected chi connectivity index (χ3v) is 3.75. The van der Waals surface area contributed by atoms with Crippen molar-refractivity contribution < 1.29 is 9.53 Å². The van der Waals surface area contributed by atoms with Crippen molar-refractivity contribution in [2.75, 3.05) is 7.11 Å². The van der Waals surface area contributed by atoms with E-state index in [1.54, 1.807) is 0 Å². The average Bonchev–Trinajstić information content (AvgIpc) is 2.95. The number of hydrogen-bond acceptors (Lipinski definition) is 4. The zero-order valence-corrected chi connectivity index (χ0v) is 11.1. The van der Waals surface area contributed by atoms with Crippen LogP contribution in [0.5, 0.6) is 0 Å². The second-order valence-electron chi connectivity index (χ2n) is 4.06. The number of methoxy groups -OCH3 is 1. The van der Waals surface area contributed by atoms with Crippen LogP contribution in [0, 0.1) is 0 Å². The molecule has 0 unspecified atom stereocenters. The molecular formula is C15H11NO2S. The number of esters is 1. The Morgan fingerprint density at radius 2 is 1.95 bits per heavy atom. The normalized spacial score (nSPS) is 10.6. The van der Waals surface area contributed by atoms with Crippen molar-refractivity contribution in [3.63, 3.8) is 0 Å². The molecule has 0 atom stereocenters. The Bertz CT molecular complexity index is 743. The molecule has 2 aromatic carbocycles. The summed E-state index contributed by atoms with van der Waals surface area (Å²) in [4.78, 5) is 15.8. The molecule has 0 spiro atoms. The van der Waals surface area contributed by atoms with Crippen LogP contribution in [0.25, 0.3) is 22.0 Å². The summed E-state index contributed by atoms with van der Waals surface area (Å²) in [7, 11) is 1.36. The van der Waals surface area contributed by atoms with E-state index in [0.717, 1.165) is 22.0 Å². The van der Waals surface area contributed by atoms with Crippen LogP contribution in [0.1, 0.15) is 9.80 Å². The zero-order chi connectivity index (χ0) is 13.2. The number of benzene rings is 2. The standard InChI is InChI=1S/C15H11NO2S/c1-18-15(17)14-16-13(9-19-14)12-8-4-6-10-5-2-3-7-11(10)12/h2-9H,1H3. The third-order valence-electron chi connectivity index (χ3n) is 2.93. The second-order valence-corrected chi connectivity index (χ2v) is 4.91. The predicted molar refractivity (Wildman–Crippen MR) is 76.4 cm³/mol. The predicted octanol–water partition coefficient (Wildman–Crippen LogP) is 3.75. The number of carbonyl (C=O) groups is 1. The van der Waals surface area contributed by atoms with E-state index in [4.69, 9.17) is 0 Å². The van der Waals surface area contributed by atoms with Gasteiger partial charge in [-0.2, -0.15) is 0 Å². The molecule has 19 heavy (non-hydrogen) atoms. The van der Waals surface area contributed by atoms with Gasteiger partial charge in [0.15, 0.2) is 0 Å². The van der Waals surface area contributed by atoms with Gasteiger partial charge < -0.3 is 4.74 Å². The first-order valence-electron chi connectivity index (χ1n) is 5.81. The lowest BCUT2D eigenvalue weighted by Crippen LogP contribution is -1.99. The molecule has 3 nitrogen and oxygen atoms in total. The molecular weight excluding hydrogens is 258 g/mol. The van der Waals surface area contributed by atoms with E-state index < -0.39 is 5.97 Å². The zero-order valence-electron chi connectivity index (χ0n) is 10.3. The Labute approximate surface area is 114 Å². The Morgan fingerprint density at radius 1 is 1.16 bits per heavy atom. The third kappa shape index (κ3) is 2.11. The van der Waals surface area contributed by atoms with Crippen LogP contribution in [-0.4, -0.2) is 18.1 Å². The summed E-state index contributed by atoms with van der Waals surface area (Å²) in [6.45, 7) is 0. The summed E-state index contributed by atoms with van der Waals surface area (Å²) >= 11 is 1.30. The van der Waals surface area contributed by atoms with Gasteiger partial charge in [-0.25, -0.2) is 9.78 Å². The van der Waals surface area contributed by atoms with Crippen LogP contribution >= 0.6 is 11.3 Å². The monoisotopic (exact) mass is 269 g/mol. The molecule has 4 heteroatoms. The van der Waals surface area contributed by atoms with Gasteiger partial charge >= 0.3 is 5.97 Å². The molecule has 0 saturated carbocycles. The summed E-state index contributed by atoms with van der Waals surface area (Å²) < 4.78 is 4.68. The van der Waals surface area contributed by atoms with E-state index >= 15 is 0 Å². The van der Waals surface area contributed by atoms with Gasteiger partial charge in [-0.05, 0) is 10.8 Å². The van der Waals surface area contributed by atoms with E-state index in [0.29, 0.717) is 5.01 Å².